The van der Waals surface area contributed by atoms with Gasteiger partial charge >= 0.3 is 0 Å². The first kappa shape index (κ1) is 23.9. The Kier molecular flexibility index (Phi) is 7.82. The molecule has 1 saturated heterocycles. The van der Waals surface area contributed by atoms with E-state index in [1.807, 2.05) is 18.2 Å². The number of anilines is 2. The normalized spacial score (nSPS) is 17.5. The van der Waals surface area contributed by atoms with E-state index in [0.29, 0.717) is 24.5 Å². The molecule has 9 heteroatoms. The molecule has 4 rings (SSSR count). The predicted octanol–water partition coefficient (Wildman–Crippen LogP) is 4.20. The molecular formula is C24H31N3O4S2. The van der Waals surface area contributed by atoms with Crippen LogP contribution < -0.4 is 15.0 Å². The van der Waals surface area contributed by atoms with Gasteiger partial charge in [-0.25, -0.2) is 8.42 Å². The van der Waals surface area contributed by atoms with Crippen molar-refractivity contribution in [2.45, 2.75) is 41.9 Å². The zero-order chi connectivity index (χ0) is 23.3. The van der Waals surface area contributed by atoms with Gasteiger partial charge in [-0.05, 0) is 55.3 Å². The smallest absolute Gasteiger partial charge is 0.243 e. The predicted molar refractivity (Wildman–Crippen MR) is 133 cm³/mol. The second-order valence-electron chi connectivity index (χ2n) is 8.32. The largest absolute Gasteiger partial charge is 0.495 e. The van der Waals surface area contributed by atoms with Gasteiger partial charge in [0.25, 0.3) is 0 Å². The Hall–Kier alpha value is -2.23. The number of rotatable bonds is 6. The molecule has 1 N–H and O–H groups in total. The molecule has 2 heterocycles. The summed E-state index contributed by atoms with van der Waals surface area (Å²) in [4.78, 5) is 16.4. The van der Waals surface area contributed by atoms with Gasteiger partial charge in [0, 0.05) is 24.5 Å². The van der Waals surface area contributed by atoms with E-state index in [2.05, 4.69) is 16.3 Å². The van der Waals surface area contributed by atoms with E-state index in [1.165, 1.54) is 18.1 Å². The van der Waals surface area contributed by atoms with Crippen molar-refractivity contribution < 1.29 is 17.9 Å². The molecule has 2 aliphatic rings. The van der Waals surface area contributed by atoms with Crippen molar-refractivity contribution in [2.24, 2.45) is 0 Å². The highest BCUT2D eigenvalue weighted by molar-refractivity contribution is 7.99. The van der Waals surface area contributed by atoms with Gasteiger partial charge in [-0.3, -0.25) is 4.79 Å². The second kappa shape index (κ2) is 10.8. The number of nitrogens with zero attached hydrogens (tertiary/aromatic N) is 2. The summed E-state index contributed by atoms with van der Waals surface area (Å²) in [6.45, 7) is 2.03. The van der Waals surface area contributed by atoms with Crippen molar-refractivity contribution in [3.05, 3.63) is 42.5 Å². The van der Waals surface area contributed by atoms with Gasteiger partial charge in [0.1, 0.15) is 5.75 Å². The van der Waals surface area contributed by atoms with E-state index < -0.39 is 10.0 Å². The molecule has 0 spiro atoms. The van der Waals surface area contributed by atoms with Crippen LogP contribution >= 0.6 is 11.8 Å². The average Bonchev–Trinajstić information content (AvgIpc) is 3.21. The van der Waals surface area contributed by atoms with Crippen molar-refractivity contribution in [2.75, 3.05) is 49.3 Å². The number of amides is 1. The van der Waals surface area contributed by atoms with Crippen molar-refractivity contribution >= 4 is 39.1 Å². The third-order valence-corrected chi connectivity index (χ3v) is 9.06. The second-order valence-corrected chi connectivity index (χ2v) is 11.4. The third kappa shape index (κ3) is 5.65. The molecular weight excluding hydrogens is 458 g/mol. The van der Waals surface area contributed by atoms with E-state index in [4.69, 9.17) is 4.74 Å². The lowest BCUT2D eigenvalue weighted by Crippen LogP contribution is -2.34. The number of fused-ring (bicyclic) bond motifs is 1. The molecule has 0 bridgehead atoms. The van der Waals surface area contributed by atoms with Crippen LogP contribution in [-0.4, -0.2) is 57.7 Å². The lowest BCUT2D eigenvalue weighted by molar-refractivity contribution is -0.115. The number of para-hydroxylation sites is 1. The summed E-state index contributed by atoms with van der Waals surface area (Å²) in [6.07, 6.45) is 4.82. The van der Waals surface area contributed by atoms with Crippen molar-refractivity contribution in [3.63, 3.8) is 0 Å². The van der Waals surface area contributed by atoms with Gasteiger partial charge in [-0.2, -0.15) is 4.31 Å². The quantitative estimate of drug-likeness (QED) is 0.655. The van der Waals surface area contributed by atoms with E-state index in [1.54, 1.807) is 28.2 Å². The zero-order valence-electron chi connectivity index (χ0n) is 19.0. The third-order valence-electron chi connectivity index (χ3n) is 6.02. The average molecular weight is 490 g/mol. The number of ether oxygens (including phenoxy) is 1. The number of carbonyl (C=O) groups is 1. The fourth-order valence-electron chi connectivity index (χ4n) is 4.30. The maximum absolute atomic E-state index is 13.2. The molecule has 0 unspecified atom stereocenters. The summed E-state index contributed by atoms with van der Waals surface area (Å²) in [5.41, 5.74) is 1.43. The lowest BCUT2D eigenvalue weighted by atomic mass is 10.2. The summed E-state index contributed by atoms with van der Waals surface area (Å²) in [5.74, 6) is 1.24. The SMILES string of the molecule is COc1ccc(S(=O)(=O)N2CCCCCC2)cc1NC(=O)CN1CCCSc2ccccc21. The molecule has 0 saturated carbocycles. The number of hydrogen-bond acceptors (Lipinski definition) is 6. The summed E-state index contributed by atoms with van der Waals surface area (Å²) in [7, 11) is -2.12. The van der Waals surface area contributed by atoms with Crippen LogP contribution in [0.15, 0.2) is 52.3 Å². The van der Waals surface area contributed by atoms with Gasteiger partial charge in [0.05, 0.1) is 29.9 Å². The summed E-state index contributed by atoms with van der Waals surface area (Å²) >= 11 is 1.81. The van der Waals surface area contributed by atoms with E-state index in [9.17, 15) is 13.2 Å². The molecule has 0 aliphatic carbocycles. The highest BCUT2D eigenvalue weighted by Crippen LogP contribution is 2.34. The summed E-state index contributed by atoms with van der Waals surface area (Å²) in [6, 6.07) is 12.8. The molecule has 33 heavy (non-hydrogen) atoms. The van der Waals surface area contributed by atoms with Crippen LogP contribution in [0.4, 0.5) is 11.4 Å². The lowest BCUT2D eigenvalue weighted by Gasteiger charge is -2.24. The van der Waals surface area contributed by atoms with Crippen molar-refractivity contribution in [1.29, 1.82) is 0 Å². The minimum atomic E-state index is -3.63. The van der Waals surface area contributed by atoms with E-state index >= 15 is 0 Å². The highest BCUT2D eigenvalue weighted by Gasteiger charge is 2.26. The molecule has 7 nitrogen and oxygen atoms in total. The van der Waals surface area contributed by atoms with Crippen LogP contribution in [0.5, 0.6) is 5.75 Å². The minimum absolute atomic E-state index is 0.178. The maximum Gasteiger partial charge on any atom is 0.243 e. The van der Waals surface area contributed by atoms with E-state index in [0.717, 1.165) is 50.1 Å². The Labute approximate surface area is 200 Å². The molecule has 0 atom stereocenters. The number of benzene rings is 2. The van der Waals surface area contributed by atoms with Crippen LogP contribution in [0.1, 0.15) is 32.1 Å². The topological polar surface area (TPSA) is 79.0 Å². The Morgan fingerprint density at radius 1 is 1.03 bits per heavy atom. The van der Waals surface area contributed by atoms with Gasteiger partial charge in [0.15, 0.2) is 0 Å². The molecule has 0 aromatic heterocycles. The number of carbonyl (C=O) groups excluding carboxylic acids is 1. The fourth-order valence-corrected chi connectivity index (χ4v) is 6.86. The van der Waals surface area contributed by atoms with Gasteiger partial charge in [0.2, 0.25) is 15.9 Å². The maximum atomic E-state index is 13.2. The van der Waals surface area contributed by atoms with Crippen LogP contribution in [0.2, 0.25) is 0 Å². The number of hydrogen-bond donors (Lipinski definition) is 1. The molecule has 1 fully saturated rings. The van der Waals surface area contributed by atoms with Crippen LogP contribution in [0, 0.1) is 0 Å². The fraction of sp³-hybridized carbons (Fsp3) is 0.458. The molecule has 2 aromatic rings. The van der Waals surface area contributed by atoms with Crippen molar-refractivity contribution in [1.82, 2.24) is 4.31 Å². The molecule has 0 radical (unpaired) electrons. The molecule has 1 amide bonds. The van der Waals surface area contributed by atoms with Gasteiger partial charge in [-0.15, -0.1) is 11.8 Å². The first-order chi connectivity index (χ1) is 16.0. The number of methoxy groups -OCH3 is 1. The molecule has 2 aliphatic heterocycles. The first-order valence-electron chi connectivity index (χ1n) is 11.4. The number of nitrogens with one attached hydrogen (secondary N) is 1. The van der Waals surface area contributed by atoms with Crippen molar-refractivity contribution in [3.8, 4) is 5.75 Å². The standard InChI is InChI=1S/C24H31N3O4S2/c1-31-22-12-11-19(33(29,30)27-14-6-2-3-7-15-27)17-20(22)25-24(28)18-26-13-8-16-32-23-10-5-4-9-21(23)26/h4-5,9-12,17H,2-3,6-8,13-16,18H2,1H3,(H,25,28). The Morgan fingerprint density at radius 3 is 2.55 bits per heavy atom. The number of sulfonamides is 1. The molecule has 2 aromatic carbocycles. The summed E-state index contributed by atoms with van der Waals surface area (Å²) in [5, 5.41) is 2.89. The monoisotopic (exact) mass is 489 g/mol. The Balaban J connectivity index is 1.53. The van der Waals surface area contributed by atoms with Crippen LogP contribution in [0.25, 0.3) is 0 Å². The highest BCUT2D eigenvalue weighted by atomic mass is 32.2. The van der Waals surface area contributed by atoms with Crippen LogP contribution in [0.3, 0.4) is 0 Å². The summed E-state index contributed by atoms with van der Waals surface area (Å²) < 4.78 is 33.4. The zero-order valence-corrected chi connectivity index (χ0v) is 20.6. The van der Waals surface area contributed by atoms with Gasteiger partial charge in [-0.1, -0.05) is 25.0 Å². The minimum Gasteiger partial charge on any atom is -0.495 e. The van der Waals surface area contributed by atoms with E-state index in [-0.39, 0.29) is 17.3 Å². The van der Waals surface area contributed by atoms with Gasteiger partial charge < -0.3 is 15.0 Å². The Bertz CT molecular complexity index is 1080. The Morgan fingerprint density at radius 2 is 1.79 bits per heavy atom. The number of thioether (sulfide) groups is 1. The first-order valence-corrected chi connectivity index (χ1v) is 13.9. The van der Waals surface area contributed by atoms with Crippen LogP contribution in [-0.2, 0) is 14.8 Å². The molecule has 178 valence electrons.